The molecule has 0 aliphatic carbocycles. The average Bonchev–Trinajstić information content (AvgIpc) is 2.48. The van der Waals surface area contributed by atoms with Gasteiger partial charge in [0.2, 0.25) is 0 Å². The highest BCUT2D eigenvalue weighted by Crippen LogP contribution is 2.21. The molecule has 2 heterocycles. The molecule has 0 unspecified atom stereocenters. The number of anilines is 2. The zero-order chi connectivity index (χ0) is 17.7. The smallest absolute Gasteiger partial charge is 0.416 e. The van der Waals surface area contributed by atoms with Crippen LogP contribution in [0.4, 0.5) is 16.3 Å². The van der Waals surface area contributed by atoms with Gasteiger partial charge < -0.3 is 15.2 Å². The number of ether oxygens (including phenoxy) is 2. The largest absolute Gasteiger partial charge is 0.443 e. The van der Waals surface area contributed by atoms with E-state index in [9.17, 15) is 4.79 Å². The van der Waals surface area contributed by atoms with Crippen LogP contribution < -0.4 is 10.6 Å². The minimum Gasteiger partial charge on any atom is -0.443 e. The maximum Gasteiger partial charge on any atom is 0.416 e. The monoisotopic (exact) mass is 336 g/mol. The number of aromatic nitrogens is 1. The van der Waals surface area contributed by atoms with Crippen molar-refractivity contribution in [1.82, 2.24) is 9.88 Å². The lowest BCUT2D eigenvalue weighted by molar-refractivity contribution is 0.0375. The van der Waals surface area contributed by atoms with Crippen molar-refractivity contribution in [1.29, 1.82) is 0 Å². The van der Waals surface area contributed by atoms with Gasteiger partial charge in [0, 0.05) is 26.2 Å². The Morgan fingerprint density at radius 1 is 1.42 bits per heavy atom. The standard InChI is InChI=1S/C17H28N4O3/c1-13-11-14(18)12-19-15(13)21(16(22)24-17(2,3)4)6-5-20-7-9-23-10-8-20/h11-12H,5-10,18H2,1-4H3. The zero-order valence-corrected chi connectivity index (χ0v) is 15.0. The summed E-state index contributed by atoms with van der Waals surface area (Å²) in [5.41, 5.74) is 6.64. The van der Waals surface area contributed by atoms with Gasteiger partial charge in [-0.1, -0.05) is 0 Å². The fourth-order valence-electron chi connectivity index (χ4n) is 2.54. The van der Waals surface area contributed by atoms with Crippen molar-refractivity contribution in [3.8, 4) is 0 Å². The SMILES string of the molecule is Cc1cc(N)cnc1N(CCN1CCOCC1)C(=O)OC(C)(C)C. The number of rotatable bonds is 4. The summed E-state index contributed by atoms with van der Waals surface area (Å²) in [6, 6.07) is 1.81. The van der Waals surface area contributed by atoms with Crippen LogP contribution in [0.2, 0.25) is 0 Å². The molecule has 1 saturated heterocycles. The number of nitrogen functional groups attached to an aromatic ring is 1. The lowest BCUT2D eigenvalue weighted by atomic mass is 10.2. The third-order valence-electron chi connectivity index (χ3n) is 3.68. The van der Waals surface area contributed by atoms with Crippen molar-refractivity contribution in [3.63, 3.8) is 0 Å². The van der Waals surface area contributed by atoms with Gasteiger partial charge in [0.25, 0.3) is 0 Å². The summed E-state index contributed by atoms with van der Waals surface area (Å²) in [6.07, 6.45) is 1.17. The molecule has 0 bridgehead atoms. The van der Waals surface area contributed by atoms with Crippen LogP contribution in [0.1, 0.15) is 26.3 Å². The van der Waals surface area contributed by atoms with Crippen molar-refractivity contribution in [2.24, 2.45) is 0 Å². The zero-order valence-electron chi connectivity index (χ0n) is 15.0. The van der Waals surface area contributed by atoms with Crippen LogP contribution in [0.3, 0.4) is 0 Å². The Balaban J connectivity index is 2.15. The van der Waals surface area contributed by atoms with E-state index >= 15 is 0 Å². The van der Waals surface area contributed by atoms with Crippen LogP contribution in [0.5, 0.6) is 0 Å². The molecule has 1 fully saturated rings. The third kappa shape index (κ3) is 5.35. The highest BCUT2D eigenvalue weighted by atomic mass is 16.6. The van der Waals surface area contributed by atoms with E-state index in [2.05, 4.69) is 9.88 Å². The van der Waals surface area contributed by atoms with Gasteiger partial charge in [-0.15, -0.1) is 0 Å². The molecule has 1 aliphatic heterocycles. The number of carbonyl (C=O) groups excluding carboxylic acids is 1. The molecular formula is C17H28N4O3. The minimum atomic E-state index is -0.560. The predicted octanol–water partition coefficient (Wildman–Crippen LogP) is 2.05. The van der Waals surface area contributed by atoms with Crippen molar-refractivity contribution in [3.05, 3.63) is 17.8 Å². The first-order valence-electron chi connectivity index (χ1n) is 8.29. The highest BCUT2D eigenvalue weighted by Gasteiger charge is 2.26. The summed E-state index contributed by atoms with van der Waals surface area (Å²) in [7, 11) is 0. The van der Waals surface area contributed by atoms with Gasteiger partial charge in [-0.05, 0) is 39.3 Å². The summed E-state index contributed by atoms with van der Waals surface area (Å²) in [4.78, 5) is 20.9. The predicted molar refractivity (Wildman–Crippen MR) is 94.2 cm³/mol. The van der Waals surface area contributed by atoms with Gasteiger partial charge in [0.15, 0.2) is 0 Å². The van der Waals surface area contributed by atoms with E-state index in [-0.39, 0.29) is 0 Å². The summed E-state index contributed by atoms with van der Waals surface area (Å²) in [6.45, 7) is 11.9. The molecule has 1 amide bonds. The van der Waals surface area contributed by atoms with Gasteiger partial charge >= 0.3 is 6.09 Å². The number of hydrogen-bond donors (Lipinski definition) is 1. The molecule has 0 aromatic carbocycles. The Morgan fingerprint density at radius 3 is 2.67 bits per heavy atom. The Kier molecular flexibility index (Phi) is 6.01. The molecule has 0 spiro atoms. The quantitative estimate of drug-likeness (QED) is 0.906. The summed E-state index contributed by atoms with van der Waals surface area (Å²) in [5.74, 6) is 0.590. The molecule has 24 heavy (non-hydrogen) atoms. The van der Waals surface area contributed by atoms with Crippen molar-refractivity contribution >= 4 is 17.6 Å². The number of aryl methyl sites for hydroxylation is 1. The second-order valence-corrected chi connectivity index (χ2v) is 7.00. The van der Waals surface area contributed by atoms with Gasteiger partial charge in [0.05, 0.1) is 25.1 Å². The number of nitrogens with zero attached hydrogens (tertiary/aromatic N) is 3. The van der Waals surface area contributed by atoms with E-state index in [1.165, 1.54) is 0 Å². The lowest BCUT2D eigenvalue weighted by Gasteiger charge is -2.31. The Labute approximate surface area is 143 Å². The van der Waals surface area contributed by atoms with Crippen LogP contribution >= 0.6 is 0 Å². The average molecular weight is 336 g/mol. The number of hydrogen-bond acceptors (Lipinski definition) is 6. The molecule has 7 heteroatoms. The third-order valence-corrected chi connectivity index (χ3v) is 3.68. The minimum absolute atomic E-state index is 0.392. The van der Waals surface area contributed by atoms with Crippen LogP contribution in [0.15, 0.2) is 12.3 Å². The molecule has 2 rings (SSSR count). The molecule has 0 radical (unpaired) electrons. The van der Waals surface area contributed by atoms with Crippen molar-refractivity contribution in [2.75, 3.05) is 50.0 Å². The van der Waals surface area contributed by atoms with Gasteiger partial charge in [-0.3, -0.25) is 9.80 Å². The van der Waals surface area contributed by atoms with E-state index in [4.69, 9.17) is 15.2 Å². The summed E-state index contributed by atoms with van der Waals surface area (Å²) < 4.78 is 10.9. The van der Waals surface area contributed by atoms with Crippen molar-refractivity contribution in [2.45, 2.75) is 33.3 Å². The first kappa shape index (κ1) is 18.5. The van der Waals surface area contributed by atoms with Crippen molar-refractivity contribution < 1.29 is 14.3 Å². The lowest BCUT2D eigenvalue weighted by Crippen LogP contribution is -2.45. The Bertz CT molecular complexity index is 565. The highest BCUT2D eigenvalue weighted by molar-refractivity contribution is 5.87. The van der Waals surface area contributed by atoms with E-state index in [1.807, 2.05) is 33.8 Å². The first-order chi connectivity index (χ1) is 11.3. The molecule has 2 N–H and O–H groups in total. The van der Waals surface area contributed by atoms with Gasteiger partial charge in [0.1, 0.15) is 11.4 Å². The van der Waals surface area contributed by atoms with E-state index in [1.54, 1.807) is 11.1 Å². The molecule has 0 saturated carbocycles. The van der Waals surface area contributed by atoms with Crippen LogP contribution in [0, 0.1) is 6.92 Å². The second kappa shape index (κ2) is 7.81. The topological polar surface area (TPSA) is 80.9 Å². The van der Waals surface area contributed by atoms with Crippen LogP contribution in [-0.4, -0.2) is 61.0 Å². The maximum absolute atomic E-state index is 12.7. The molecule has 1 aromatic rings. The first-order valence-corrected chi connectivity index (χ1v) is 8.29. The van der Waals surface area contributed by atoms with E-state index in [0.29, 0.717) is 18.1 Å². The van der Waals surface area contributed by atoms with Gasteiger partial charge in [-0.2, -0.15) is 0 Å². The van der Waals surface area contributed by atoms with Crippen LogP contribution in [0.25, 0.3) is 0 Å². The molecule has 134 valence electrons. The maximum atomic E-state index is 12.7. The fraction of sp³-hybridized carbons (Fsp3) is 0.647. The number of carbonyl (C=O) groups is 1. The van der Waals surface area contributed by atoms with E-state index in [0.717, 1.165) is 38.4 Å². The Hall–Kier alpha value is -1.86. The summed E-state index contributed by atoms with van der Waals surface area (Å²) in [5, 5.41) is 0. The fourth-order valence-corrected chi connectivity index (χ4v) is 2.54. The Morgan fingerprint density at radius 2 is 2.08 bits per heavy atom. The molecule has 0 atom stereocenters. The number of pyridine rings is 1. The second-order valence-electron chi connectivity index (χ2n) is 7.00. The number of morpholine rings is 1. The van der Waals surface area contributed by atoms with E-state index < -0.39 is 11.7 Å². The molecule has 7 nitrogen and oxygen atoms in total. The molecular weight excluding hydrogens is 308 g/mol. The molecule has 1 aliphatic rings. The number of amides is 1. The normalized spacial score (nSPS) is 16.0. The number of nitrogens with two attached hydrogens (primary N) is 1. The summed E-state index contributed by atoms with van der Waals surface area (Å²) >= 11 is 0. The van der Waals surface area contributed by atoms with Gasteiger partial charge in [-0.25, -0.2) is 9.78 Å². The molecule has 1 aromatic heterocycles. The van der Waals surface area contributed by atoms with Crippen LogP contribution in [-0.2, 0) is 9.47 Å².